The standard InChI is InChI=1S/C66H35F6N5/c1-75-60-20-10-7-17-55(60)48-29-44(27-46(31-48)53-15-5-3-13-42(53)38-73)40-23-25-63-58(35-40)59-36-41(45-28-47(54-16-6-4-14-43(54)39-74)32-49(30-45)56-18-8-11-21-61(56)76-2)24-26-64(59)77(63)62-22-12-9-19-57(62)50-33-51(65(67,68)69)37-52(34-50)66(70,71)72/h3-37H. The van der Waals surface area contributed by atoms with Crippen molar-refractivity contribution in [1.29, 1.82) is 10.5 Å². The van der Waals surface area contributed by atoms with E-state index in [4.69, 9.17) is 13.1 Å². The largest absolute Gasteiger partial charge is 0.416 e. The van der Waals surface area contributed by atoms with Crippen LogP contribution < -0.4 is 0 Å². The first-order chi connectivity index (χ1) is 37.2. The molecule has 0 unspecified atom stereocenters. The molecule has 10 aromatic carbocycles. The van der Waals surface area contributed by atoms with Crippen molar-refractivity contribution >= 4 is 33.2 Å². The van der Waals surface area contributed by atoms with E-state index in [2.05, 4.69) is 21.8 Å². The van der Waals surface area contributed by atoms with Crippen LogP contribution in [0.5, 0.6) is 0 Å². The predicted octanol–water partition coefficient (Wildman–Crippen LogP) is 19.3. The van der Waals surface area contributed by atoms with Crippen LogP contribution in [0.2, 0.25) is 0 Å². The summed E-state index contributed by atoms with van der Waals surface area (Å²) in [4.78, 5) is 7.61. The van der Waals surface area contributed by atoms with Gasteiger partial charge in [0.15, 0.2) is 11.4 Å². The third-order valence-electron chi connectivity index (χ3n) is 13.7. The molecular formula is C66H35F6N5. The van der Waals surface area contributed by atoms with Crippen LogP contribution in [0, 0.1) is 35.8 Å². The second-order valence-corrected chi connectivity index (χ2v) is 18.3. The zero-order valence-corrected chi connectivity index (χ0v) is 40.2. The Morgan fingerprint density at radius 1 is 0.351 bits per heavy atom. The molecule has 1 aromatic heterocycles. The van der Waals surface area contributed by atoms with E-state index in [0.717, 1.165) is 56.6 Å². The Morgan fingerprint density at radius 3 is 1.12 bits per heavy atom. The van der Waals surface area contributed by atoms with E-state index in [0.29, 0.717) is 72.2 Å². The fraction of sp³-hybridized carbons (Fsp3) is 0.0303. The molecule has 1 heterocycles. The number of hydrogen-bond acceptors (Lipinski definition) is 2. The highest BCUT2D eigenvalue weighted by atomic mass is 19.4. The average Bonchev–Trinajstić information content (AvgIpc) is 3.80. The summed E-state index contributed by atoms with van der Waals surface area (Å²) in [5, 5.41) is 21.8. The Balaban J connectivity index is 1.20. The molecular weight excluding hydrogens is 977 g/mol. The smallest absolute Gasteiger partial charge is 0.309 e. The zero-order chi connectivity index (χ0) is 53.6. The minimum atomic E-state index is -5.08. The first-order valence-electron chi connectivity index (χ1n) is 24.0. The maximum atomic E-state index is 14.4. The van der Waals surface area contributed by atoms with Gasteiger partial charge in [-0.25, -0.2) is 9.69 Å². The van der Waals surface area contributed by atoms with Crippen molar-refractivity contribution in [2.45, 2.75) is 12.4 Å². The summed E-state index contributed by atoms with van der Waals surface area (Å²) in [5.74, 6) is 0. The van der Waals surface area contributed by atoms with Crippen molar-refractivity contribution in [3.05, 3.63) is 257 Å². The van der Waals surface area contributed by atoms with E-state index in [1.807, 2.05) is 126 Å². The van der Waals surface area contributed by atoms with Crippen molar-refractivity contribution in [2.75, 3.05) is 0 Å². The summed E-state index contributed by atoms with van der Waals surface area (Å²) in [6.07, 6.45) is -10.2. The molecule has 11 aromatic rings. The molecule has 77 heavy (non-hydrogen) atoms. The highest BCUT2D eigenvalue weighted by Crippen LogP contribution is 2.46. The van der Waals surface area contributed by atoms with Crippen molar-refractivity contribution in [3.8, 4) is 95.7 Å². The normalized spacial score (nSPS) is 11.5. The molecule has 0 amide bonds. The summed E-state index contributed by atoms with van der Waals surface area (Å²) >= 11 is 0. The number of nitrogens with zero attached hydrogens (tertiary/aromatic N) is 5. The third-order valence-corrected chi connectivity index (χ3v) is 13.7. The van der Waals surface area contributed by atoms with Crippen molar-refractivity contribution in [3.63, 3.8) is 0 Å². The van der Waals surface area contributed by atoms with Crippen LogP contribution in [0.4, 0.5) is 37.7 Å². The summed E-state index contributed by atoms with van der Waals surface area (Å²) in [6.45, 7) is 16.0. The lowest BCUT2D eigenvalue weighted by atomic mass is 9.90. The maximum absolute atomic E-state index is 14.4. The average molecular weight is 1010 g/mol. The number of para-hydroxylation sites is 3. The highest BCUT2D eigenvalue weighted by molar-refractivity contribution is 6.12. The van der Waals surface area contributed by atoms with Gasteiger partial charge in [-0.1, -0.05) is 115 Å². The van der Waals surface area contributed by atoms with Crippen LogP contribution in [-0.2, 0) is 12.4 Å². The fourth-order valence-electron chi connectivity index (χ4n) is 10.2. The molecule has 0 atom stereocenters. The van der Waals surface area contributed by atoms with E-state index in [9.17, 15) is 36.9 Å². The Morgan fingerprint density at radius 2 is 0.701 bits per heavy atom. The van der Waals surface area contributed by atoms with Gasteiger partial charge in [-0.2, -0.15) is 36.9 Å². The maximum Gasteiger partial charge on any atom is 0.416 e. The molecule has 0 aliphatic carbocycles. The van der Waals surface area contributed by atoms with Crippen LogP contribution >= 0.6 is 0 Å². The van der Waals surface area contributed by atoms with E-state index >= 15 is 0 Å². The first kappa shape index (κ1) is 48.8. The number of nitriles is 2. The van der Waals surface area contributed by atoms with Crippen molar-refractivity contribution in [2.24, 2.45) is 0 Å². The molecule has 0 aliphatic heterocycles. The van der Waals surface area contributed by atoms with E-state index in [1.54, 1.807) is 66.7 Å². The van der Waals surface area contributed by atoms with Gasteiger partial charge in [0.05, 0.1) is 64.3 Å². The second kappa shape index (κ2) is 19.4. The Labute approximate surface area is 438 Å². The number of fused-ring (bicyclic) bond motifs is 3. The van der Waals surface area contributed by atoms with Gasteiger partial charge >= 0.3 is 12.4 Å². The van der Waals surface area contributed by atoms with Gasteiger partial charge < -0.3 is 4.57 Å². The highest BCUT2D eigenvalue weighted by Gasteiger charge is 2.37. The minimum Gasteiger partial charge on any atom is -0.309 e. The zero-order valence-electron chi connectivity index (χ0n) is 40.2. The number of rotatable bonds is 8. The van der Waals surface area contributed by atoms with Gasteiger partial charge in [0.25, 0.3) is 0 Å². The van der Waals surface area contributed by atoms with Crippen LogP contribution in [0.3, 0.4) is 0 Å². The molecule has 5 nitrogen and oxygen atoms in total. The molecule has 0 fully saturated rings. The van der Waals surface area contributed by atoms with E-state index < -0.39 is 23.5 Å². The Kier molecular flexibility index (Phi) is 12.3. The molecule has 0 aliphatic rings. The number of benzene rings is 10. The molecule has 366 valence electrons. The lowest BCUT2D eigenvalue weighted by Crippen LogP contribution is -2.11. The first-order valence-corrected chi connectivity index (χ1v) is 24.0. The summed E-state index contributed by atoms with van der Waals surface area (Å²) < 4.78 is 88.3. The minimum absolute atomic E-state index is 0.120. The molecule has 0 saturated heterocycles. The molecule has 0 bridgehead atoms. The van der Waals surface area contributed by atoms with Gasteiger partial charge in [0.1, 0.15) is 0 Å². The molecule has 0 N–H and O–H groups in total. The summed E-state index contributed by atoms with van der Waals surface area (Å²) in [6, 6.07) is 64.9. The third kappa shape index (κ3) is 9.10. The van der Waals surface area contributed by atoms with Crippen molar-refractivity contribution in [1.82, 2.24) is 4.57 Å². The molecule has 11 heteroatoms. The van der Waals surface area contributed by atoms with Crippen molar-refractivity contribution < 1.29 is 26.3 Å². The van der Waals surface area contributed by atoms with Gasteiger partial charge in [-0.15, -0.1) is 0 Å². The molecule has 0 spiro atoms. The Bertz CT molecular complexity index is 3980. The van der Waals surface area contributed by atoms with E-state index in [1.165, 1.54) is 6.07 Å². The predicted molar refractivity (Wildman–Crippen MR) is 291 cm³/mol. The monoisotopic (exact) mass is 1010 g/mol. The number of halogens is 6. The van der Waals surface area contributed by atoms with Crippen LogP contribution in [0.15, 0.2) is 212 Å². The van der Waals surface area contributed by atoms with Gasteiger partial charge in [0.2, 0.25) is 0 Å². The fourth-order valence-corrected chi connectivity index (χ4v) is 10.2. The van der Waals surface area contributed by atoms with Gasteiger partial charge in [0, 0.05) is 16.3 Å². The van der Waals surface area contributed by atoms with Gasteiger partial charge in [-0.05, 0) is 169 Å². The van der Waals surface area contributed by atoms with Gasteiger partial charge in [-0.3, -0.25) is 0 Å². The number of alkyl halides is 6. The summed E-state index contributed by atoms with van der Waals surface area (Å²) in [5.41, 5.74) is 8.75. The molecule has 0 saturated carbocycles. The number of hydrogen-bond donors (Lipinski definition) is 0. The SMILES string of the molecule is [C-]#[N+]c1ccccc1-c1cc(-c2ccc3c(c2)c2cc(-c4cc(-c5ccccc5C#N)cc(-c5ccccc5[N+]#[C-])c4)ccc2n3-c2ccccc2-c2cc(C(F)(F)F)cc(C(F)(F)F)c2)cc(-c2ccccc2C#N)c1. The van der Waals surface area contributed by atoms with Crippen LogP contribution in [0.25, 0.3) is 115 Å². The Hall–Kier alpha value is -10.5. The lowest BCUT2D eigenvalue weighted by Gasteiger charge is -2.18. The van der Waals surface area contributed by atoms with Crippen LogP contribution in [-0.4, -0.2) is 4.57 Å². The van der Waals surface area contributed by atoms with Crippen LogP contribution in [0.1, 0.15) is 22.3 Å². The quantitative estimate of drug-likeness (QED) is 0.112. The van der Waals surface area contributed by atoms with E-state index in [-0.39, 0.29) is 17.2 Å². The lowest BCUT2D eigenvalue weighted by molar-refractivity contribution is -0.143. The number of aromatic nitrogens is 1. The topological polar surface area (TPSA) is 61.2 Å². The second-order valence-electron chi connectivity index (χ2n) is 18.3. The molecule has 11 rings (SSSR count). The molecule has 0 radical (unpaired) electrons. The summed E-state index contributed by atoms with van der Waals surface area (Å²) in [7, 11) is 0.